The highest BCUT2D eigenvalue weighted by Gasteiger charge is 2.24. The van der Waals surface area contributed by atoms with E-state index >= 15 is 0 Å². The third kappa shape index (κ3) is 10.7. The van der Waals surface area contributed by atoms with Crippen molar-refractivity contribution in [2.75, 3.05) is 31.5 Å². The van der Waals surface area contributed by atoms with Gasteiger partial charge in [0.05, 0.1) is 43.2 Å². The molecule has 0 aliphatic carbocycles. The molecule has 0 aliphatic rings. The Labute approximate surface area is 405 Å². The number of primary amides is 2. The summed E-state index contributed by atoms with van der Waals surface area (Å²) in [5, 5.41) is 14.5. The van der Waals surface area contributed by atoms with Crippen molar-refractivity contribution in [1.29, 1.82) is 0 Å². The molecule has 0 atom stereocenters. The summed E-state index contributed by atoms with van der Waals surface area (Å²) in [4.78, 5) is 62.8. The lowest BCUT2D eigenvalue weighted by atomic mass is 10.1. The number of ether oxygens (including phenoxy) is 4. The Morgan fingerprint density at radius 1 is 0.634 bits per heavy atom. The van der Waals surface area contributed by atoms with Crippen molar-refractivity contribution in [1.82, 2.24) is 38.7 Å². The highest BCUT2D eigenvalue weighted by atomic mass is 19.1. The normalized spacial score (nSPS) is 11.4. The van der Waals surface area contributed by atoms with E-state index in [1.54, 1.807) is 84.4 Å². The summed E-state index contributed by atoms with van der Waals surface area (Å²) in [5.41, 5.74) is 16.4. The highest BCUT2D eigenvalue weighted by Crippen LogP contribution is 2.34. The number of amides is 4. The molecule has 8 rings (SSSR count). The van der Waals surface area contributed by atoms with Crippen LogP contribution >= 0.6 is 0 Å². The number of aryl methyl sites for hydroxylation is 4. The number of carbonyl (C=O) groups is 4. The van der Waals surface area contributed by atoms with Gasteiger partial charge in [0, 0.05) is 30.8 Å². The maximum absolute atomic E-state index is 14.0. The van der Waals surface area contributed by atoms with Crippen molar-refractivity contribution >= 4 is 57.6 Å². The average Bonchev–Trinajstić information content (AvgIpc) is 4.13. The number of carbonyl (C=O) groups excluding carboxylic acids is 4. The van der Waals surface area contributed by atoms with E-state index in [1.807, 2.05) is 31.2 Å². The molecule has 4 aromatic heterocycles. The van der Waals surface area contributed by atoms with Crippen LogP contribution in [0.4, 0.5) is 16.3 Å². The second-order valence-electron chi connectivity index (χ2n) is 16.2. The van der Waals surface area contributed by atoms with Gasteiger partial charge in [-0.2, -0.15) is 10.2 Å². The quantitative estimate of drug-likeness (QED) is 0.0562. The minimum Gasteiger partial charge on any atom is -0.497 e. The Morgan fingerprint density at radius 3 is 1.45 bits per heavy atom. The van der Waals surface area contributed by atoms with Gasteiger partial charge in [0.1, 0.15) is 65.3 Å². The van der Waals surface area contributed by atoms with Gasteiger partial charge in [-0.05, 0) is 92.6 Å². The van der Waals surface area contributed by atoms with Crippen LogP contribution in [0.15, 0.2) is 97.1 Å². The molecule has 0 bridgehead atoms. The number of hydrogen-bond acceptors (Lipinski definition) is 12. The number of allylic oxidation sites excluding steroid dienone is 2. The number of hydrogen-bond donors (Lipinski definition) is 4. The van der Waals surface area contributed by atoms with E-state index in [2.05, 4.69) is 20.8 Å². The molecular formula is C50H51FN12O8. The average molecular weight is 967 g/mol. The lowest BCUT2D eigenvalue weighted by molar-refractivity contribution is 0.0991. The van der Waals surface area contributed by atoms with E-state index in [-0.39, 0.29) is 78.6 Å². The smallest absolute Gasteiger partial charge is 0.276 e. The maximum atomic E-state index is 14.0. The lowest BCUT2D eigenvalue weighted by Gasteiger charge is -2.14. The topological polar surface area (TPSA) is 253 Å². The number of nitrogens with two attached hydrogens (primary N) is 2. The SMILES string of the molecule is CCn1nc(C)cc1C(=O)Nc1nc2cc(C(N)=O)cc(OCc3ccc(OC)cc3)c2n1CC=CCn1c(NC(=O)c2cc(C)nn2CCF)nc2cc(C(N)=O)cc(OCc3ccc(OC)cc3)c21. The van der Waals surface area contributed by atoms with Crippen LogP contribution in [0.1, 0.15) is 71.1 Å². The predicted octanol–water partition coefficient (Wildman–Crippen LogP) is 6.52. The molecule has 4 heterocycles. The van der Waals surface area contributed by atoms with Gasteiger partial charge in [-0.25, -0.2) is 14.4 Å². The van der Waals surface area contributed by atoms with E-state index in [9.17, 15) is 23.6 Å². The summed E-state index contributed by atoms with van der Waals surface area (Å²) in [6, 6.07) is 23.8. The van der Waals surface area contributed by atoms with Gasteiger partial charge in [0.2, 0.25) is 23.7 Å². The minimum atomic E-state index is -0.751. The van der Waals surface area contributed by atoms with Crippen LogP contribution in [0.3, 0.4) is 0 Å². The van der Waals surface area contributed by atoms with E-state index < -0.39 is 30.3 Å². The van der Waals surface area contributed by atoms with Crippen LogP contribution in [-0.4, -0.2) is 83.2 Å². The minimum absolute atomic E-state index is 0.0552. The van der Waals surface area contributed by atoms with Crippen molar-refractivity contribution in [3.63, 3.8) is 0 Å². The second-order valence-corrected chi connectivity index (χ2v) is 16.2. The molecule has 4 aromatic carbocycles. The number of methoxy groups -OCH3 is 2. The number of halogens is 1. The first kappa shape index (κ1) is 48.4. The molecular weight excluding hydrogens is 916 g/mol. The van der Waals surface area contributed by atoms with Crippen LogP contribution in [-0.2, 0) is 39.4 Å². The summed E-state index contributed by atoms with van der Waals surface area (Å²) < 4.78 is 43.2. The maximum Gasteiger partial charge on any atom is 0.276 e. The molecule has 71 heavy (non-hydrogen) atoms. The first-order chi connectivity index (χ1) is 34.3. The van der Waals surface area contributed by atoms with Gasteiger partial charge in [0.25, 0.3) is 11.8 Å². The van der Waals surface area contributed by atoms with Crippen molar-refractivity contribution in [2.24, 2.45) is 11.5 Å². The van der Waals surface area contributed by atoms with Gasteiger partial charge in [-0.15, -0.1) is 0 Å². The van der Waals surface area contributed by atoms with Crippen molar-refractivity contribution in [2.45, 2.75) is 60.2 Å². The van der Waals surface area contributed by atoms with E-state index in [1.165, 1.54) is 35.0 Å². The molecule has 0 radical (unpaired) electrons. The number of aromatic nitrogens is 8. The molecule has 0 saturated carbocycles. The molecule has 0 saturated heterocycles. The zero-order chi connectivity index (χ0) is 50.3. The highest BCUT2D eigenvalue weighted by molar-refractivity contribution is 6.05. The molecule has 20 nitrogen and oxygen atoms in total. The number of fused-ring (bicyclic) bond motifs is 2. The lowest BCUT2D eigenvalue weighted by Crippen LogP contribution is -2.20. The monoisotopic (exact) mass is 966 g/mol. The van der Waals surface area contributed by atoms with Crippen LogP contribution < -0.4 is 41.0 Å². The Hall–Kier alpha value is -9.01. The van der Waals surface area contributed by atoms with Gasteiger partial charge in [-0.1, -0.05) is 36.4 Å². The molecule has 0 fully saturated rings. The predicted molar refractivity (Wildman–Crippen MR) is 262 cm³/mol. The molecule has 0 spiro atoms. The van der Waals surface area contributed by atoms with Gasteiger partial charge in [-0.3, -0.25) is 39.2 Å². The first-order valence-electron chi connectivity index (χ1n) is 22.4. The Balaban J connectivity index is 1.20. The molecule has 8 aromatic rings. The van der Waals surface area contributed by atoms with Crippen molar-refractivity contribution in [3.8, 4) is 23.0 Å². The Bertz CT molecular complexity index is 3320. The Kier molecular flexibility index (Phi) is 14.4. The van der Waals surface area contributed by atoms with E-state index in [0.717, 1.165) is 11.1 Å². The van der Waals surface area contributed by atoms with Gasteiger partial charge in [0.15, 0.2) is 0 Å². The molecule has 4 amide bonds. The molecule has 0 aliphatic heterocycles. The van der Waals surface area contributed by atoms with Gasteiger partial charge >= 0.3 is 0 Å². The van der Waals surface area contributed by atoms with Crippen LogP contribution in [0.2, 0.25) is 0 Å². The number of benzene rings is 4. The van der Waals surface area contributed by atoms with Crippen molar-refractivity contribution in [3.05, 3.63) is 142 Å². The summed E-state index contributed by atoms with van der Waals surface area (Å²) in [5.74, 6) is -0.517. The Morgan fingerprint density at radius 2 is 1.06 bits per heavy atom. The number of rotatable bonds is 21. The summed E-state index contributed by atoms with van der Waals surface area (Å²) in [7, 11) is 3.14. The molecule has 21 heteroatoms. The summed E-state index contributed by atoms with van der Waals surface area (Å²) >= 11 is 0. The number of nitrogens with zero attached hydrogens (tertiary/aromatic N) is 8. The summed E-state index contributed by atoms with van der Waals surface area (Å²) in [6.45, 7) is 5.19. The third-order valence-corrected chi connectivity index (χ3v) is 11.3. The fourth-order valence-corrected chi connectivity index (χ4v) is 7.92. The summed E-state index contributed by atoms with van der Waals surface area (Å²) in [6.07, 6.45) is 3.60. The largest absolute Gasteiger partial charge is 0.497 e. The molecule has 366 valence electrons. The fourth-order valence-electron chi connectivity index (χ4n) is 7.92. The molecule has 0 unspecified atom stereocenters. The molecule has 6 N–H and O–H groups in total. The second kappa shape index (κ2) is 21.1. The standard InChI is InChI=1S/C50H51FN12O8/c1-6-62-39(21-29(2)58-62)47(66)56-49-54-37-23-33(45(52)64)25-41(70-27-31-9-13-35(68-4)14-10-31)43(37)60(49)18-7-8-19-61-44-38(55-50(61)57-48(67)40-22-30(3)59-63(40)20-17-51)24-34(46(53)65)26-42(44)71-28-32-11-15-36(69-5)16-12-32/h7-16,21-26H,6,17-20,27-28H2,1-5H3,(H2,52,64)(H2,53,65)(H,54,56,66)(H,55,57,67). The van der Waals surface area contributed by atoms with Crippen LogP contribution in [0.25, 0.3) is 22.1 Å². The number of alkyl halides is 1. The third-order valence-electron chi connectivity index (χ3n) is 11.3. The zero-order valence-corrected chi connectivity index (χ0v) is 39.6. The number of anilines is 2. The van der Waals surface area contributed by atoms with Crippen molar-refractivity contribution < 1.29 is 42.5 Å². The van der Waals surface area contributed by atoms with Crippen LogP contribution in [0.5, 0.6) is 23.0 Å². The van der Waals surface area contributed by atoms with Crippen LogP contribution in [0, 0.1) is 13.8 Å². The van der Waals surface area contributed by atoms with E-state index in [0.29, 0.717) is 51.7 Å². The number of imidazole rings is 2. The fraction of sp³-hybridized carbons (Fsp3) is 0.240. The first-order valence-corrected chi connectivity index (χ1v) is 22.4. The van der Waals surface area contributed by atoms with E-state index in [4.69, 9.17) is 40.4 Å². The number of nitrogens with one attached hydrogen (secondary N) is 2. The zero-order valence-electron chi connectivity index (χ0n) is 39.6. The van der Waals surface area contributed by atoms with Gasteiger partial charge < -0.3 is 39.5 Å².